The van der Waals surface area contributed by atoms with Gasteiger partial charge < -0.3 is 14.2 Å². The molecule has 82 heavy (non-hydrogen) atoms. The van der Waals surface area contributed by atoms with Crippen molar-refractivity contribution >= 4 is 17.9 Å². The number of allylic oxidation sites excluding steroid dienone is 16. The number of carbonyl (C=O) groups excluding carboxylic acids is 3. The molecular formula is C76H132O6. The van der Waals surface area contributed by atoms with Crippen LogP contribution in [-0.2, 0) is 28.6 Å². The monoisotopic (exact) mass is 1140 g/mol. The Morgan fingerprint density at radius 2 is 0.476 bits per heavy atom. The molecule has 0 fully saturated rings. The first kappa shape index (κ1) is 78.3. The number of esters is 3. The minimum Gasteiger partial charge on any atom is -0.462 e. The highest BCUT2D eigenvalue weighted by molar-refractivity contribution is 5.71. The van der Waals surface area contributed by atoms with E-state index < -0.39 is 6.10 Å². The van der Waals surface area contributed by atoms with Crippen LogP contribution in [0.1, 0.15) is 348 Å². The van der Waals surface area contributed by atoms with Crippen LogP contribution < -0.4 is 0 Å². The zero-order chi connectivity index (χ0) is 59.2. The van der Waals surface area contributed by atoms with E-state index in [1.54, 1.807) is 0 Å². The third kappa shape index (κ3) is 67.1. The van der Waals surface area contributed by atoms with Gasteiger partial charge in [-0.1, -0.05) is 304 Å². The lowest BCUT2D eigenvalue weighted by Crippen LogP contribution is -2.30. The Labute approximate surface area is 508 Å². The molecule has 0 saturated carbocycles. The van der Waals surface area contributed by atoms with Gasteiger partial charge in [-0.05, 0) is 122 Å². The largest absolute Gasteiger partial charge is 0.462 e. The lowest BCUT2D eigenvalue weighted by atomic mass is 10.0. The topological polar surface area (TPSA) is 78.9 Å². The van der Waals surface area contributed by atoms with Crippen molar-refractivity contribution in [3.63, 3.8) is 0 Å². The molecule has 0 aromatic carbocycles. The predicted octanol–water partition coefficient (Wildman–Crippen LogP) is 24.4. The molecule has 0 spiro atoms. The minimum atomic E-state index is -0.794. The van der Waals surface area contributed by atoms with Gasteiger partial charge >= 0.3 is 17.9 Å². The highest BCUT2D eigenvalue weighted by Crippen LogP contribution is 2.17. The smallest absolute Gasteiger partial charge is 0.306 e. The molecule has 0 amide bonds. The molecule has 1 atom stereocenters. The normalized spacial score (nSPS) is 12.7. The summed E-state index contributed by atoms with van der Waals surface area (Å²) in [5, 5.41) is 0. The van der Waals surface area contributed by atoms with Gasteiger partial charge in [0.25, 0.3) is 0 Å². The molecule has 0 aliphatic heterocycles. The van der Waals surface area contributed by atoms with Crippen molar-refractivity contribution in [2.75, 3.05) is 13.2 Å². The number of ether oxygens (including phenoxy) is 3. The maximum Gasteiger partial charge on any atom is 0.306 e. The molecule has 0 aromatic heterocycles. The lowest BCUT2D eigenvalue weighted by molar-refractivity contribution is -0.167. The van der Waals surface area contributed by atoms with Crippen LogP contribution >= 0.6 is 0 Å². The number of rotatable bonds is 64. The first-order valence-electron chi connectivity index (χ1n) is 35.2. The van der Waals surface area contributed by atoms with Gasteiger partial charge in [0.15, 0.2) is 6.10 Å². The number of carbonyl (C=O) groups is 3. The van der Waals surface area contributed by atoms with E-state index in [0.29, 0.717) is 19.3 Å². The average molecular weight is 1140 g/mol. The van der Waals surface area contributed by atoms with E-state index in [2.05, 4.69) is 118 Å². The number of hydrogen-bond acceptors (Lipinski definition) is 6. The summed E-state index contributed by atoms with van der Waals surface area (Å²) < 4.78 is 17.0. The highest BCUT2D eigenvalue weighted by Gasteiger charge is 2.19. The standard InChI is InChI=1S/C76H132O6/c1-4-7-10-13-16-19-22-25-28-31-34-36-37-38-39-41-42-45-48-51-54-57-60-63-66-69-75(78)81-72-73(71-80-74(77)68-65-62-59-56-53-50-47-44-33-30-27-24-21-18-15-12-9-6-3)82-76(79)70-67-64-61-58-55-52-49-46-43-40-35-32-29-26-23-20-17-14-11-8-5-2/h8,11,17,20-21,24,26,29-31,33-35,40,46,49,73H,4-7,9-10,12-16,18-19,22-23,25,27-28,32,36-39,41-45,47-48,50-72H2,1-3H3/b11-8-,20-17-,24-21-,29-26-,33-30-,34-31-,40-35-,49-46-. The first-order valence-corrected chi connectivity index (χ1v) is 35.2. The minimum absolute atomic E-state index is 0.0868. The van der Waals surface area contributed by atoms with Crippen molar-refractivity contribution in [3.05, 3.63) is 97.2 Å². The molecule has 0 heterocycles. The Kier molecular flexibility index (Phi) is 66.7. The molecule has 0 rings (SSSR count). The SMILES string of the molecule is CC/C=C\C/C=C\C/C=C\C/C=C\C/C=C\CCCCCCCC(=O)OC(COC(=O)CCCCCCCCC/C=C\C/C=C\CCCCCC)COC(=O)CCCCCCCCCCCCCCC/C=C\CCCCCCCCCC. The van der Waals surface area contributed by atoms with Crippen molar-refractivity contribution in [2.45, 2.75) is 354 Å². The van der Waals surface area contributed by atoms with Gasteiger partial charge in [0.2, 0.25) is 0 Å². The van der Waals surface area contributed by atoms with Gasteiger partial charge in [-0.25, -0.2) is 0 Å². The molecule has 0 aromatic rings. The molecule has 472 valence electrons. The van der Waals surface area contributed by atoms with Gasteiger partial charge in [0.05, 0.1) is 0 Å². The maximum atomic E-state index is 13.0. The fourth-order valence-electron chi connectivity index (χ4n) is 10.0. The van der Waals surface area contributed by atoms with Crippen LogP contribution in [0.25, 0.3) is 0 Å². The summed E-state index contributed by atoms with van der Waals surface area (Å²) in [6.45, 7) is 6.53. The lowest BCUT2D eigenvalue weighted by Gasteiger charge is -2.18. The molecule has 6 heteroatoms. The molecule has 0 aliphatic carbocycles. The molecular weight excluding hydrogens is 1010 g/mol. The molecule has 0 saturated heterocycles. The third-order valence-electron chi connectivity index (χ3n) is 15.3. The molecule has 0 N–H and O–H groups in total. The number of hydrogen-bond donors (Lipinski definition) is 0. The summed E-state index contributed by atoms with van der Waals surface area (Å²) in [4.78, 5) is 38.5. The van der Waals surface area contributed by atoms with Gasteiger partial charge in [-0.2, -0.15) is 0 Å². The van der Waals surface area contributed by atoms with Gasteiger partial charge in [0.1, 0.15) is 13.2 Å². The number of unbranched alkanes of at least 4 members (excludes halogenated alkanes) is 37. The van der Waals surface area contributed by atoms with E-state index in [1.807, 2.05) is 0 Å². The molecule has 6 nitrogen and oxygen atoms in total. The van der Waals surface area contributed by atoms with Crippen LogP contribution in [0.15, 0.2) is 97.2 Å². The van der Waals surface area contributed by atoms with Crippen LogP contribution in [0.5, 0.6) is 0 Å². The molecule has 0 radical (unpaired) electrons. The van der Waals surface area contributed by atoms with Gasteiger partial charge in [-0.3, -0.25) is 14.4 Å². The summed E-state index contributed by atoms with van der Waals surface area (Å²) in [5.41, 5.74) is 0. The predicted molar refractivity (Wildman–Crippen MR) is 357 cm³/mol. The average Bonchev–Trinajstić information content (AvgIpc) is 3.47. The van der Waals surface area contributed by atoms with Gasteiger partial charge in [0, 0.05) is 19.3 Å². The summed E-state index contributed by atoms with van der Waals surface area (Å²) in [5.74, 6) is -0.899. The van der Waals surface area contributed by atoms with Crippen molar-refractivity contribution in [1.82, 2.24) is 0 Å². The van der Waals surface area contributed by atoms with E-state index in [0.717, 1.165) is 122 Å². The zero-order valence-electron chi connectivity index (χ0n) is 54.2. The van der Waals surface area contributed by atoms with Crippen LogP contribution in [0, 0.1) is 0 Å². The Hall–Kier alpha value is -3.67. The highest BCUT2D eigenvalue weighted by atomic mass is 16.6. The van der Waals surface area contributed by atoms with Gasteiger partial charge in [-0.15, -0.1) is 0 Å². The summed E-state index contributed by atoms with van der Waals surface area (Å²) in [6.07, 6.45) is 94.2. The Balaban J connectivity index is 4.39. The van der Waals surface area contributed by atoms with Crippen molar-refractivity contribution < 1.29 is 28.6 Å². The van der Waals surface area contributed by atoms with E-state index in [-0.39, 0.29) is 31.1 Å². The van der Waals surface area contributed by atoms with Crippen molar-refractivity contribution in [2.24, 2.45) is 0 Å². The van der Waals surface area contributed by atoms with E-state index in [9.17, 15) is 14.4 Å². The zero-order valence-corrected chi connectivity index (χ0v) is 54.2. The Bertz CT molecular complexity index is 1590. The molecule has 0 aliphatic rings. The molecule has 0 bridgehead atoms. The molecule has 1 unspecified atom stereocenters. The van der Waals surface area contributed by atoms with Crippen LogP contribution in [0.4, 0.5) is 0 Å². The van der Waals surface area contributed by atoms with Crippen molar-refractivity contribution in [1.29, 1.82) is 0 Å². The summed E-state index contributed by atoms with van der Waals surface area (Å²) in [6, 6.07) is 0. The maximum absolute atomic E-state index is 13.0. The summed E-state index contributed by atoms with van der Waals surface area (Å²) >= 11 is 0. The fourth-order valence-corrected chi connectivity index (χ4v) is 10.0. The first-order chi connectivity index (χ1) is 40.5. The quantitative estimate of drug-likeness (QED) is 0.0261. The van der Waals surface area contributed by atoms with Crippen LogP contribution in [-0.4, -0.2) is 37.2 Å². The Morgan fingerprint density at radius 3 is 0.768 bits per heavy atom. The van der Waals surface area contributed by atoms with E-state index >= 15 is 0 Å². The van der Waals surface area contributed by atoms with Crippen molar-refractivity contribution in [3.8, 4) is 0 Å². The van der Waals surface area contributed by atoms with E-state index in [4.69, 9.17) is 14.2 Å². The van der Waals surface area contributed by atoms with E-state index in [1.165, 1.54) is 186 Å². The third-order valence-corrected chi connectivity index (χ3v) is 15.3. The second kappa shape index (κ2) is 69.8. The van der Waals surface area contributed by atoms with Crippen LogP contribution in [0.3, 0.4) is 0 Å². The summed E-state index contributed by atoms with van der Waals surface area (Å²) in [7, 11) is 0. The fraction of sp³-hybridized carbons (Fsp3) is 0.750. The second-order valence-electron chi connectivity index (χ2n) is 23.4. The Morgan fingerprint density at radius 1 is 0.256 bits per heavy atom. The van der Waals surface area contributed by atoms with Crippen LogP contribution in [0.2, 0.25) is 0 Å². The second-order valence-corrected chi connectivity index (χ2v) is 23.4.